The van der Waals surface area contributed by atoms with Crippen LogP contribution in [0.4, 0.5) is 0 Å². The van der Waals surface area contributed by atoms with E-state index in [1.807, 2.05) is 26.8 Å². The summed E-state index contributed by atoms with van der Waals surface area (Å²) < 4.78 is 7.66. The van der Waals surface area contributed by atoms with Gasteiger partial charge in [0.05, 0.1) is 0 Å². The summed E-state index contributed by atoms with van der Waals surface area (Å²) in [6.07, 6.45) is 2.39. The molecule has 0 atom stereocenters. The Labute approximate surface area is 144 Å². The summed E-state index contributed by atoms with van der Waals surface area (Å²) in [5.74, 6) is 1.64. The van der Waals surface area contributed by atoms with Crippen LogP contribution in [0.1, 0.15) is 41.4 Å². The van der Waals surface area contributed by atoms with E-state index >= 15 is 0 Å². The van der Waals surface area contributed by atoms with Crippen LogP contribution in [-0.2, 0) is 5.75 Å². The lowest BCUT2D eigenvalue weighted by Gasteiger charge is -2.09. The van der Waals surface area contributed by atoms with Crippen molar-refractivity contribution in [2.75, 3.05) is 0 Å². The summed E-state index contributed by atoms with van der Waals surface area (Å²) in [7, 11) is 0. The predicted octanol–water partition coefficient (Wildman–Crippen LogP) is 3.94. The van der Waals surface area contributed by atoms with Gasteiger partial charge in [-0.2, -0.15) is 0 Å². The largest absolute Gasteiger partial charge is 0.422 e. The summed E-state index contributed by atoms with van der Waals surface area (Å²) in [5.41, 5.74) is 3.52. The summed E-state index contributed by atoms with van der Waals surface area (Å²) in [6.45, 7) is 6.01. The molecule has 24 heavy (non-hydrogen) atoms. The van der Waals surface area contributed by atoms with Gasteiger partial charge in [0.1, 0.15) is 11.4 Å². The molecule has 6 heteroatoms. The highest BCUT2D eigenvalue weighted by Gasteiger charge is 2.28. The van der Waals surface area contributed by atoms with Crippen LogP contribution in [0.15, 0.2) is 32.6 Å². The Bertz CT molecular complexity index is 986. The van der Waals surface area contributed by atoms with Crippen LogP contribution < -0.4 is 5.63 Å². The molecule has 124 valence electrons. The van der Waals surface area contributed by atoms with Gasteiger partial charge in [-0.15, -0.1) is 10.2 Å². The Kier molecular flexibility index (Phi) is 3.72. The number of thioether (sulfide) groups is 1. The minimum atomic E-state index is -0.299. The summed E-state index contributed by atoms with van der Waals surface area (Å²) in [5, 5.41) is 10.4. The predicted molar refractivity (Wildman–Crippen MR) is 94.5 cm³/mol. The molecule has 5 nitrogen and oxygen atoms in total. The van der Waals surface area contributed by atoms with Crippen LogP contribution in [0.3, 0.4) is 0 Å². The average Bonchev–Trinajstić information content (AvgIpc) is 3.32. The average molecular weight is 341 g/mol. The molecule has 0 spiro atoms. The number of benzene rings is 1. The van der Waals surface area contributed by atoms with Gasteiger partial charge >= 0.3 is 5.63 Å². The van der Waals surface area contributed by atoms with Gasteiger partial charge in [0.2, 0.25) is 0 Å². The first-order chi connectivity index (χ1) is 11.5. The normalized spacial score (nSPS) is 14.5. The van der Waals surface area contributed by atoms with E-state index in [1.165, 1.54) is 12.8 Å². The minimum Gasteiger partial charge on any atom is -0.422 e. The molecule has 2 heterocycles. The van der Waals surface area contributed by atoms with Gasteiger partial charge in [0, 0.05) is 23.2 Å². The highest BCUT2D eigenvalue weighted by molar-refractivity contribution is 7.98. The number of hydrogen-bond acceptors (Lipinski definition) is 5. The molecule has 1 aromatic carbocycles. The monoisotopic (exact) mass is 341 g/mol. The fourth-order valence-electron chi connectivity index (χ4n) is 2.99. The summed E-state index contributed by atoms with van der Waals surface area (Å²) in [6, 6.07) is 6.25. The van der Waals surface area contributed by atoms with E-state index in [9.17, 15) is 4.79 Å². The Morgan fingerprint density at radius 3 is 2.79 bits per heavy atom. The lowest BCUT2D eigenvalue weighted by atomic mass is 10.0. The van der Waals surface area contributed by atoms with Crippen molar-refractivity contribution in [1.82, 2.24) is 14.8 Å². The number of aromatic nitrogens is 3. The van der Waals surface area contributed by atoms with Crippen molar-refractivity contribution in [2.24, 2.45) is 0 Å². The van der Waals surface area contributed by atoms with Crippen molar-refractivity contribution in [2.45, 2.75) is 50.6 Å². The van der Waals surface area contributed by atoms with Crippen LogP contribution in [0.2, 0.25) is 0 Å². The number of hydrogen-bond donors (Lipinski definition) is 0. The number of rotatable bonds is 4. The van der Waals surface area contributed by atoms with Crippen molar-refractivity contribution >= 4 is 22.7 Å². The zero-order chi connectivity index (χ0) is 16.8. The molecule has 1 aliphatic carbocycles. The van der Waals surface area contributed by atoms with Gasteiger partial charge < -0.3 is 8.98 Å². The Morgan fingerprint density at radius 2 is 2.04 bits per heavy atom. The molecule has 0 unspecified atom stereocenters. The molecule has 0 amide bonds. The second-order valence-corrected chi connectivity index (χ2v) is 7.34. The van der Waals surface area contributed by atoms with Gasteiger partial charge in [-0.25, -0.2) is 4.79 Å². The van der Waals surface area contributed by atoms with Crippen molar-refractivity contribution in [3.63, 3.8) is 0 Å². The molecular formula is C18H19N3O2S. The summed E-state index contributed by atoms with van der Waals surface area (Å²) >= 11 is 1.63. The van der Waals surface area contributed by atoms with Crippen molar-refractivity contribution in [3.8, 4) is 0 Å². The maximum absolute atomic E-state index is 12.0. The van der Waals surface area contributed by atoms with E-state index in [-0.39, 0.29) is 5.63 Å². The fraction of sp³-hybridized carbons (Fsp3) is 0.389. The third kappa shape index (κ3) is 2.65. The molecule has 0 N–H and O–H groups in total. The molecule has 0 bridgehead atoms. The number of nitrogens with zero attached hydrogens (tertiary/aromatic N) is 3. The third-order valence-corrected chi connectivity index (χ3v) is 5.61. The van der Waals surface area contributed by atoms with E-state index in [2.05, 4.69) is 20.8 Å². The topological polar surface area (TPSA) is 60.9 Å². The van der Waals surface area contributed by atoms with E-state index in [1.54, 1.807) is 17.8 Å². The second kappa shape index (κ2) is 5.77. The Morgan fingerprint density at radius 1 is 1.25 bits per heavy atom. The third-order valence-electron chi connectivity index (χ3n) is 4.62. The van der Waals surface area contributed by atoms with Gasteiger partial charge in [-0.1, -0.05) is 23.9 Å². The maximum atomic E-state index is 12.0. The zero-order valence-corrected chi connectivity index (χ0v) is 14.8. The van der Waals surface area contributed by atoms with Crippen molar-refractivity contribution in [3.05, 3.63) is 51.1 Å². The SMILES string of the molecule is Cc1ccc2c(CSc3nnc(C)n3C3CC3)cc(=O)oc2c1C. The molecule has 0 radical (unpaired) electrons. The molecule has 2 aromatic heterocycles. The first-order valence-corrected chi connectivity index (χ1v) is 9.10. The Balaban J connectivity index is 1.70. The lowest BCUT2D eigenvalue weighted by Crippen LogP contribution is -2.03. The van der Waals surface area contributed by atoms with Crippen LogP contribution in [0.25, 0.3) is 11.0 Å². The molecule has 0 aliphatic heterocycles. The van der Waals surface area contributed by atoms with Gasteiger partial charge in [-0.3, -0.25) is 0 Å². The molecule has 1 fully saturated rings. The minimum absolute atomic E-state index is 0.299. The van der Waals surface area contributed by atoms with Gasteiger partial charge in [0.15, 0.2) is 5.16 Å². The zero-order valence-electron chi connectivity index (χ0n) is 14.0. The highest BCUT2D eigenvalue weighted by Crippen LogP contribution is 2.39. The van der Waals surface area contributed by atoms with Crippen LogP contribution >= 0.6 is 11.8 Å². The van der Waals surface area contributed by atoms with Gasteiger partial charge in [-0.05, 0) is 50.3 Å². The highest BCUT2D eigenvalue weighted by atomic mass is 32.2. The molecule has 3 aromatic rings. The molecule has 1 saturated carbocycles. The van der Waals surface area contributed by atoms with Crippen molar-refractivity contribution < 1.29 is 4.42 Å². The summed E-state index contributed by atoms with van der Waals surface area (Å²) in [4.78, 5) is 12.0. The van der Waals surface area contributed by atoms with E-state index in [4.69, 9.17) is 4.42 Å². The standard InChI is InChI=1S/C18H19N3O2S/c1-10-4-7-15-13(8-16(22)23-17(15)11(10)2)9-24-18-20-19-12(3)21(18)14-5-6-14/h4,7-8,14H,5-6,9H2,1-3H3. The lowest BCUT2D eigenvalue weighted by molar-refractivity contribution is 0.557. The van der Waals surface area contributed by atoms with Crippen LogP contribution in [0, 0.1) is 20.8 Å². The van der Waals surface area contributed by atoms with Gasteiger partial charge in [0.25, 0.3) is 0 Å². The first-order valence-electron chi connectivity index (χ1n) is 8.12. The molecule has 0 saturated heterocycles. The number of fused-ring (bicyclic) bond motifs is 1. The van der Waals surface area contributed by atoms with Crippen LogP contribution in [0.5, 0.6) is 0 Å². The van der Waals surface area contributed by atoms with Crippen molar-refractivity contribution in [1.29, 1.82) is 0 Å². The first kappa shape index (κ1) is 15.4. The fourth-order valence-corrected chi connectivity index (χ4v) is 4.03. The van der Waals surface area contributed by atoms with Crippen LogP contribution in [-0.4, -0.2) is 14.8 Å². The maximum Gasteiger partial charge on any atom is 0.336 e. The van der Waals surface area contributed by atoms with E-state index in [0.717, 1.165) is 33.1 Å². The molecule has 4 rings (SSSR count). The second-order valence-electron chi connectivity index (χ2n) is 6.39. The quantitative estimate of drug-likeness (QED) is 0.531. The van der Waals surface area contributed by atoms with E-state index in [0.29, 0.717) is 17.4 Å². The molecule has 1 aliphatic rings. The van der Waals surface area contributed by atoms with E-state index < -0.39 is 0 Å². The molecular weight excluding hydrogens is 322 g/mol. The smallest absolute Gasteiger partial charge is 0.336 e. The number of aryl methyl sites for hydroxylation is 3. The Hall–Kier alpha value is -2.08.